The van der Waals surface area contributed by atoms with Crippen LogP contribution in [0.4, 0.5) is 18.9 Å². The molecule has 6 rings (SSSR count). The Morgan fingerprint density at radius 2 is 1.91 bits per heavy atom. The zero-order valence-corrected chi connectivity index (χ0v) is 26.1. The first kappa shape index (κ1) is 32.3. The Labute approximate surface area is 264 Å². The summed E-state index contributed by atoms with van der Waals surface area (Å²) in [6.45, 7) is 2.72. The highest BCUT2D eigenvalue weighted by Crippen LogP contribution is 2.35. The summed E-state index contributed by atoms with van der Waals surface area (Å²) in [5.41, 5.74) is 2.25. The van der Waals surface area contributed by atoms with Crippen molar-refractivity contribution >= 4 is 55.3 Å². The summed E-state index contributed by atoms with van der Waals surface area (Å²) >= 11 is 2.87. The van der Waals surface area contributed by atoms with Crippen molar-refractivity contribution in [2.75, 3.05) is 24.4 Å². The second kappa shape index (κ2) is 13.5. The summed E-state index contributed by atoms with van der Waals surface area (Å²) < 4.78 is 65.6. The summed E-state index contributed by atoms with van der Waals surface area (Å²) in [4.78, 5) is 28.9. The van der Waals surface area contributed by atoms with Crippen LogP contribution in [0, 0.1) is 0 Å². The van der Waals surface area contributed by atoms with Gasteiger partial charge in [-0.25, -0.2) is 23.2 Å². The number of halogens is 3. The van der Waals surface area contributed by atoms with Crippen molar-refractivity contribution in [2.24, 2.45) is 0 Å². The number of H-pyrrole nitrogens is 1. The fourth-order valence-corrected chi connectivity index (χ4v) is 7.91. The van der Waals surface area contributed by atoms with E-state index < -0.39 is 22.2 Å². The molecular weight excluding hydrogens is 654 g/mol. The summed E-state index contributed by atoms with van der Waals surface area (Å²) in [6.07, 6.45) is 3.82. The van der Waals surface area contributed by atoms with Gasteiger partial charge in [-0.15, -0.1) is 22.7 Å². The molecule has 0 aliphatic carbocycles. The Kier molecular flexibility index (Phi) is 9.71. The number of hydrogen-bond acceptors (Lipinski definition) is 10. The number of carboxylic acids is 1. The number of nitrogens with one attached hydrogen (secondary N) is 1. The fourth-order valence-electron chi connectivity index (χ4n) is 4.62. The predicted molar refractivity (Wildman–Crippen MR) is 164 cm³/mol. The van der Waals surface area contributed by atoms with Crippen molar-refractivity contribution in [1.82, 2.24) is 24.8 Å². The molecule has 45 heavy (non-hydrogen) atoms. The van der Waals surface area contributed by atoms with Gasteiger partial charge in [0.05, 0.1) is 23.1 Å². The molecule has 1 aromatic carbocycles. The summed E-state index contributed by atoms with van der Waals surface area (Å²) in [7, 11) is -2.04. The average Bonchev–Trinajstić information content (AvgIpc) is 3.79. The number of ether oxygens (including phenoxy) is 1. The van der Waals surface area contributed by atoms with E-state index in [1.807, 2.05) is 30.5 Å². The van der Waals surface area contributed by atoms with E-state index in [4.69, 9.17) is 14.6 Å². The molecule has 0 spiro atoms. The van der Waals surface area contributed by atoms with Crippen LogP contribution in [0.15, 0.2) is 70.8 Å². The standard InChI is InChI=1S/C26H26N6O3S3.C2HF3O2/c1-31(38(33,34)24-6-3-13-36-24)22-5-2-4-18-14-21(30-25(18)22)26-29-15-20(37-26)17-32-11-7-19(8-12-32)35-23-16-27-9-10-28-23;3-2(4,5)1(6)7/h2-6,9-10,13-16,19,30H,7-8,11-12,17H2,1H3;(H,6,7). The molecule has 0 radical (unpaired) electrons. The van der Waals surface area contributed by atoms with Gasteiger partial charge in [0.25, 0.3) is 10.0 Å². The van der Waals surface area contributed by atoms with Gasteiger partial charge in [0.1, 0.15) is 15.3 Å². The maximum Gasteiger partial charge on any atom is 0.490 e. The number of para-hydroxylation sites is 1. The number of piperidine rings is 1. The third-order valence-corrected chi connectivity index (χ3v) is 11.0. The molecule has 1 fully saturated rings. The number of sulfonamides is 1. The number of hydrogen-bond donors (Lipinski definition) is 2. The molecular formula is C28H27F3N6O5S3. The van der Waals surface area contributed by atoms with Gasteiger partial charge in [0.2, 0.25) is 5.88 Å². The average molecular weight is 681 g/mol. The van der Waals surface area contributed by atoms with Crippen LogP contribution in [-0.2, 0) is 21.4 Å². The van der Waals surface area contributed by atoms with Gasteiger partial charge in [0.15, 0.2) is 0 Å². The van der Waals surface area contributed by atoms with E-state index in [0.717, 1.165) is 54.1 Å². The highest BCUT2D eigenvalue weighted by Gasteiger charge is 2.38. The number of carboxylic acid groups (broad SMARTS) is 1. The normalized spacial score (nSPS) is 14.6. The summed E-state index contributed by atoms with van der Waals surface area (Å²) in [5.74, 6) is -2.18. The molecule has 5 aromatic rings. The molecule has 0 saturated carbocycles. The predicted octanol–water partition coefficient (Wildman–Crippen LogP) is 5.64. The number of likely N-dealkylation sites (tertiary alicyclic amines) is 1. The van der Waals surface area contributed by atoms with Crippen LogP contribution in [0.25, 0.3) is 21.6 Å². The van der Waals surface area contributed by atoms with Crippen molar-refractivity contribution in [2.45, 2.75) is 35.9 Å². The van der Waals surface area contributed by atoms with Crippen LogP contribution < -0.4 is 9.04 Å². The number of aliphatic carboxylic acids is 1. The number of rotatable bonds is 8. The number of aromatic amines is 1. The Morgan fingerprint density at radius 3 is 2.56 bits per heavy atom. The van der Waals surface area contributed by atoms with E-state index in [-0.39, 0.29) is 6.10 Å². The zero-order chi connectivity index (χ0) is 32.2. The van der Waals surface area contributed by atoms with Gasteiger partial charge in [0, 0.05) is 55.5 Å². The molecule has 1 saturated heterocycles. The minimum Gasteiger partial charge on any atom is -0.475 e. The number of alkyl halides is 3. The van der Waals surface area contributed by atoms with Crippen molar-refractivity contribution in [3.05, 3.63) is 71.4 Å². The number of thiazole rings is 1. The molecule has 4 aromatic heterocycles. The first-order valence-electron chi connectivity index (χ1n) is 13.5. The Bertz CT molecular complexity index is 1840. The lowest BCUT2D eigenvalue weighted by molar-refractivity contribution is -0.192. The van der Waals surface area contributed by atoms with Crippen molar-refractivity contribution in [3.63, 3.8) is 0 Å². The quantitative estimate of drug-likeness (QED) is 0.213. The van der Waals surface area contributed by atoms with Gasteiger partial charge in [-0.05, 0) is 36.4 Å². The Morgan fingerprint density at radius 1 is 1.16 bits per heavy atom. The fraction of sp³-hybridized carbons (Fsp3) is 0.286. The Hall–Kier alpha value is -4.06. The molecule has 0 unspecified atom stereocenters. The van der Waals surface area contributed by atoms with Crippen molar-refractivity contribution in [1.29, 1.82) is 0 Å². The second-order valence-electron chi connectivity index (χ2n) is 9.90. The van der Waals surface area contributed by atoms with Crippen LogP contribution in [0.3, 0.4) is 0 Å². The molecule has 17 heteroatoms. The van der Waals surface area contributed by atoms with E-state index in [9.17, 15) is 21.6 Å². The van der Waals surface area contributed by atoms with Crippen LogP contribution in [-0.4, -0.2) is 76.7 Å². The monoisotopic (exact) mass is 680 g/mol. The van der Waals surface area contributed by atoms with E-state index >= 15 is 0 Å². The lowest BCUT2D eigenvalue weighted by Gasteiger charge is -2.31. The van der Waals surface area contributed by atoms with Gasteiger partial charge < -0.3 is 14.8 Å². The minimum absolute atomic E-state index is 0.155. The number of thiophene rings is 1. The molecule has 0 atom stereocenters. The SMILES string of the molecule is CN(c1cccc2cc(-c3ncc(CN4CCC(Oc5cnccn5)CC4)s3)[nH]c12)S(=O)(=O)c1cccs1.O=C(O)C(F)(F)F. The highest BCUT2D eigenvalue weighted by atomic mass is 32.2. The largest absolute Gasteiger partial charge is 0.490 e. The first-order chi connectivity index (χ1) is 21.4. The molecule has 1 aliphatic heterocycles. The molecule has 11 nitrogen and oxygen atoms in total. The van der Waals surface area contributed by atoms with Gasteiger partial charge >= 0.3 is 12.1 Å². The summed E-state index contributed by atoms with van der Waals surface area (Å²) in [6, 6.07) is 11.1. The number of nitrogens with zero attached hydrogens (tertiary/aromatic N) is 5. The molecule has 0 amide bonds. The number of anilines is 1. The van der Waals surface area contributed by atoms with E-state index in [1.54, 1.807) is 54.5 Å². The lowest BCUT2D eigenvalue weighted by atomic mass is 10.1. The maximum absolute atomic E-state index is 13.1. The van der Waals surface area contributed by atoms with Crippen LogP contribution in [0.2, 0.25) is 0 Å². The first-order valence-corrected chi connectivity index (χ1v) is 16.6. The maximum atomic E-state index is 13.1. The Balaban J connectivity index is 0.000000515. The summed E-state index contributed by atoms with van der Waals surface area (Å²) in [5, 5.41) is 10.7. The highest BCUT2D eigenvalue weighted by molar-refractivity contribution is 7.94. The number of benzene rings is 1. The third-order valence-electron chi connectivity index (χ3n) is 6.85. The molecule has 2 N–H and O–H groups in total. The number of aromatic nitrogens is 4. The number of fused-ring (bicyclic) bond motifs is 1. The zero-order valence-electron chi connectivity index (χ0n) is 23.6. The molecule has 5 heterocycles. The molecule has 1 aliphatic rings. The van der Waals surface area contributed by atoms with Gasteiger partial charge in [-0.3, -0.25) is 14.2 Å². The van der Waals surface area contributed by atoms with Crippen molar-refractivity contribution in [3.8, 4) is 16.6 Å². The lowest BCUT2D eigenvalue weighted by Crippen LogP contribution is -2.37. The van der Waals surface area contributed by atoms with Crippen molar-refractivity contribution < 1.29 is 36.2 Å². The van der Waals surface area contributed by atoms with Crippen LogP contribution in [0.5, 0.6) is 5.88 Å². The third kappa shape index (κ3) is 7.78. The van der Waals surface area contributed by atoms with Gasteiger partial charge in [-0.2, -0.15) is 13.2 Å². The smallest absolute Gasteiger partial charge is 0.475 e. The van der Waals surface area contributed by atoms with Crippen LogP contribution >= 0.6 is 22.7 Å². The number of carbonyl (C=O) groups is 1. The minimum atomic E-state index is -5.08. The van der Waals surface area contributed by atoms with Crippen LogP contribution in [0.1, 0.15) is 17.7 Å². The topological polar surface area (TPSA) is 142 Å². The second-order valence-corrected chi connectivity index (χ2v) is 14.2. The van der Waals surface area contributed by atoms with Gasteiger partial charge in [-0.1, -0.05) is 18.2 Å². The van der Waals surface area contributed by atoms with E-state index in [1.165, 1.54) is 20.5 Å². The van der Waals surface area contributed by atoms with E-state index in [2.05, 4.69) is 24.8 Å². The molecule has 0 bridgehead atoms. The van der Waals surface area contributed by atoms with E-state index in [0.29, 0.717) is 15.8 Å². The molecule has 238 valence electrons.